The summed E-state index contributed by atoms with van der Waals surface area (Å²) in [7, 11) is 0. The van der Waals surface area contributed by atoms with Gasteiger partial charge < -0.3 is 29.1 Å². The number of carbonyl (C=O) groups excluding carboxylic acids is 1. The number of nitrogens with two attached hydrogens (primary N) is 1. The minimum absolute atomic E-state index is 0.0385. The number of rotatable bonds is 8. The predicted molar refractivity (Wildman–Crippen MR) is 175 cm³/mol. The van der Waals surface area contributed by atoms with Crippen LogP contribution >= 0.6 is 11.6 Å². The molecule has 0 fully saturated rings. The zero-order valence-corrected chi connectivity index (χ0v) is 26.5. The third-order valence-corrected chi connectivity index (χ3v) is 8.30. The molecule has 2 N–H and O–H groups in total. The second-order valence-corrected chi connectivity index (χ2v) is 11.5. The summed E-state index contributed by atoms with van der Waals surface area (Å²) < 4.78 is 29.5. The molecule has 0 saturated heterocycles. The molecule has 0 saturated carbocycles. The normalized spacial score (nSPS) is 14.0. The van der Waals surface area contributed by atoms with Gasteiger partial charge in [-0.3, -0.25) is 0 Å². The van der Waals surface area contributed by atoms with E-state index in [2.05, 4.69) is 6.07 Å². The number of nitriles is 1. The summed E-state index contributed by atoms with van der Waals surface area (Å²) in [6.07, 6.45) is 0. The van der Waals surface area contributed by atoms with Crippen LogP contribution in [0.3, 0.4) is 0 Å². The predicted octanol–water partition coefficient (Wildman–Crippen LogP) is 8.43. The number of aryl methyl sites for hydroxylation is 3. The fraction of sp³-hybridized carbons (Fsp3) is 0.189. The quantitative estimate of drug-likeness (QED) is 0.133. The number of fused-ring (bicyclic) bond motifs is 2. The van der Waals surface area contributed by atoms with Crippen LogP contribution in [0.2, 0.25) is 5.02 Å². The van der Waals surface area contributed by atoms with Crippen molar-refractivity contribution in [3.63, 3.8) is 0 Å². The number of ether oxygens (including phenoxy) is 4. The van der Waals surface area contributed by atoms with E-state index in [1.807, 2.05) is 82.3 Å². The molecular formula is C37H31ClN2O6. The molecule has 0 radical (unpaired) electrons. The molecule has 2 heterocycles. The van der Waals surface area contributed by atoms with Crippen molar-refractivity contribution in [1.29, 1.82) is 5.26 Å². The first-order valence-electron chi connectivity index (χ1n) is 14.7. The number of allylic oxidation sites excluding steroid dienone is 1. The van der Waals surface area contributed by atoms with Crippen LogP contribution in [0.1, 0.15) is 56.8 Å². The molecule has 232 valence electrons. The van der Waals surface area contributed by atoms with E-state index in [1.165, 1.54) is 0 Å². The van der Waals surface area contributed by atoms with Crippen molar-refractivity contribution in [1.82, 2.24) is 0 Å². The van der Waals surface area contributed by atoms with Crippen molar-refractivity contribution in [2.45, 2.75) is 40.2 Å². The summed E-state index contributed by atoms with van der Waals surface area (Å²) in [4.78, 5) is 13.2. The monoisotopic (exact) mass is 634 g/mol. The van der Waals surface area contributed by atoms with E-state index in [-0.39, 0.29) is 23.0 Å². The Balaban J connectivity index is 1.29. The molecule has 46 heavy (non-hydrogen) atoms. The zero-order valence-electron chi connectivity index (χ0n) is 25.8. The molecule has 1 aliphatic rings. The van der Waals surface area contributed by atoms with Crippen LogP contribution in [0.5, 0.6) is 23.0 Å². The topological polar surface area (TPSA) is 117 Å². The van der Waals surface area contributed by atoms with Gasteiger partial charge in [-0.25, -0.2) is 4.79 Å². The van der Waals surface area contributed by atoms with Gasteiger partial charge in [0.1, 0.15) is 35.3 Å². The van der Waals surface area contributed by atoms with Crippen molar-refractivity contribution < 1.29 is 28.2 Å². The minimum atomic E-state index is -0.631. The standard InChI is InChI=1S/C37H31ClN2O6/c1-5-42-33-16-24(8-13-30(33)43-19-23-6-9-25(38)10-7-23)34-27-12-11-26(17-32(27)46-36(40)29(34)18-39)44-37(41)35-22(4)28-14-20(2)21(3)15-31(28)45-35/h6-17,34H,5,19,40H2,1-4H3. The fourth-order valence-corrected chi connectivity index (χ4v) is 5.63. The van der Waals surface area contributed by atoms with Gasteiger partial charge >= 0.3 is 5.97 Å². The molecule has 0 aliphatic carbocycles. The van der Waals surface area contributed by atoms with Crippen LogP contribution in [0, 0.1) is 32.1 Å². The molecule has 5 aromatic rings. The number of halogens is 1. The van der Waals surface area contributed by atoms with Gasteiger partial charge in [-0.05, 0) is 92.4 Å². The Kier molecular flexibility index (Phi) is 8.35. The lowest BCUT2D eigenvalue weighted by atomic mass is 9.83. The van der Waals surface area contributed by atoms with Crippen LogP contribution in [0.4, 0.5) is 0 Å². The van der Waals surface area contributed by atoms with Crippen LogP contribution in [0.15, 0.2) is 88.7 Å². The van der Waals surface area contributed by atoms with Crippen molar-refractivity contribution in [3.05, 3.63) is 128 Å². The van der Waals surface area contributed by atoms with Gasteiger partial charge in [0.25, 0.3) is 0 Å². The van der Waals surface area contributed by atoms with Gasteiger partial charge in [0, 0.05) is 27.6 Å². The lowest BCUT2D eigenvalue weighted by Crippen LogP contribution is -2.21. The fourth-order valence-electron chi connectivity index (χ4n) is 5.50. The molecule has 4 aromatic carbocycles. The summed E-state index contributed by atoms with van der Waals surface area (Å²) in [5.41, 5.74) is 12.4. The molecule has 1 atom stereocenters. The van der Waals surface area contributed by atoms with Gasteiger partial charge in [-0.1, -0.05) is 35.9 Å². The van der Waals surface area contributed by atoms with Crippen molar-refractivity contribution in [2.75, 3.05) is 6.61 Å². The number of hydrogen-bond donors (Lipinski definition) is 1. The number of furan rings is 1. The minimum Gasteiger partial charge on any atom is -0.490 e. The number of hydrogen-bond acceptors (Lipinski definition) is 8. The third kappa shape index (κ3) is 5.85. The molecule has 1 aliphatic heterocycles. The Hall–Kier alpha value is -5.39. The average molecular weight is 635 g/mol. The first kappa shape index (κ1) is 30.6. The molecule has 8 nitrogen and oxygen atoms in total. The van der Waals surface area contributed by atoms with Crippen molar-refractivity contribution >= 4 is 28.5 Å². The molecule has 0 spiro atoms. The second kappa shape index (κ2) is 12.5. The van der Waals surface area contributed by atoms with Crippen molar-refractivity contribution in [3.8, 4) is 29.1 Å². The molecule has 1 unspecified atom stereocenters. The van der Waals surface area contributed by atoms with Crippen LogP contribution in [-0.2, 0) is 6.61 Å². The van der Waals surface area contributed by atoms with Gasteiger partial charge in [0.15, 0.2) is 11.5 Å². The summed E-state index contributed by atoms with van der Waals surface area (Å²) in [5, 5.41) is 11.6. The molecular weight excluding hydrogens is 604 g/mol. The van der Waals surface area contributed by atoms with Gasteiger partial charge in [0.05, 0.1) is 12.5 Å². The summed E-state index contributed by atoms with van der Waals surface area (Å²) in [6.45, 7) is 8.45. The van der Waals surface area contributed by atoms with Gasteiger partial charge in [0.2, 0.25) is 11.6 Å². The Morgan fingerprint density at radius 2 is 1.72 bits per heavy atom. The van der Waals surface area contributed by atoms with Gasteiger partial charge in [-0.15, -0.1) is 0 Å². The Bertz CT molecular complexity index is 2060. The molecule has 1 aromatic heterocycles. The lowest BCUT2D eigenvalue weighted by Gasteiger charge is -2.27. The highest BCUT2D eigenvalue weighted by molar-refractivity contribution is 6.30. The summed E-state index contributed by atoms with van der Waals surface area (Å²) >= 11 is 6.01. The number of carbonyl (C=O) groups is 1. The highest BCUT2D eigenvalue weighted by Gasteiger charge is 2.32. The summed E-state index contributed by atoms with van der Waals surface area (Å²) in [6, 6.07) is 24.1. The molecule has 6 rings (SSSR count). The summed E-state index contributed by atoms with van der Waals surface area (Å²) in [5.74, 6) is 0.573. The molecule has 0 amide bonds. The molecule has 9 heteroatoms. The number of nitrogens with zero attached hydrogens (tertiary/aromatic N) is 1. The smallest absolute Gasteiger partial charge is 0.379 e. The Morgan fingerprint density at radius 3 is 2.46 bits per heavy atom. The van der Waals surface area contributed by atoms with Crippen LogP contribution in [0.25, 0.3) is 11.0 Å². The Morgan fingerprint density at radius 1 is 0.957 bits per heavy atom. The average Bonchev–Trinajstić information content (AvgIpc) is 3.35. The maximum Gasteiger partial charge on any atom is 0.379 e. The third-order valence-electron chi connectivity index (χ3n) is 8.05. The highest BCUT2D eigenvalue weighted by atomic mass is 35.5. The first-order chi connectivity index (χ1) is 22.2. The SMILES string of the molecule is CCOc1cc(C2C(C#N)=C(N)Oc3cc(OC(=O)c4oc5cc(C)c(C)cc5c4C)ccc32)ccc1OCc1ccc(Cl)cc1. The van der Waals surface area contributed by atoms with Gasteiger partial charge in [-0.2, -0.15) is 5.26 Å². The number of benzene rings is 4. The van der Waals surface area contributed by atoms with E-state index in [9.17, 15) is 10.1 Å². The molecule has 0 bridgehead atoms. The van der Waals surface area contributed by atoms with Crippen LogP contribution < -0.4 is 24.7 Å². The van der Waals surface area contributed by atoms with E-state index < -0.39 is 11.9 Å². The maximum atomic E-state index is 13.2. The van der Waals surface area contributed by atoms with E-state index in [4.69, 9.17) is 40.7 Å². The number of esters is 1. The Labute approximate surface area is 271 Å². The van der Waals surface area contributed by atoms with E-state index in [0.29, 0.717) is 52.2 Å². The second-order valence-electron chi connectivity index (χ2n) is 11.1. The highest BCUT2D eigenvalue weighted by Crippen LogP contribution is 2.45. The maximum absolute atomic E-state index is 13.2. The largest absolute Gasteiger partial charge is 0.490 e. The van der Waals surface area contributed by atoms with E-state index in [0.717, 1.165) is 27.6 Å². The first-order valence-corrected chi connectivity index (χ1v) is 15.1. The lowest BCUT2D eigenvalue weighted by molar-refractivity contribution is 0.0702. The van der Waals surface area contributed by atoms with Crippen molar-refractivity contribution in [2.24, 2.45) is 5.73 Å². The zero-order chi connectivity index (χ0) is 32.5. The van der Waals surface area contributed by atoms with E-state index >= 15 is 0 Å². The van der Waals surface area contributed by atoms with Crippen LogP contribution in [-0.4, -0.2) is 12.6 Å². The van der Waals surface area contributed by atoms with E-state index in [1.54, 1.807) is 18.2 Å².